The van der Waals surface area contributed by atoms with Crippen LogP contribution in [-0.4, -0.2) is 13.7 Å². The van der Waals surface area contributed by atoms with Gasteiger partial charge in [0.2, 0.25) is 9.84 Å². The lowest BCUT2D eigenvalue weighted by Crippen LogP contribution is -2.35. The summed E-state index contributed by atoms with van der Waals surface area (Å²) in [5.41, 5.74) is 1.54. The number of alkyl halides is 2. The van der Waals surface area contributed by atoms with Gasteiger partial charge >= 0.3 is 5.25 Å². The van der Waals surface area contributed by atoms with Crippen molar-refractivity contribution >= 4 is 9.84 Å². The van der Waals surface area contributed by atoms with Gasteiger partial charge in [0.05, 0.1) is 4.90 Å². The summed E-state index contributed by atoms with van der Waals surface area (Å²) in [5.74, 6) is 0. The third-order valence-electron chi connectivity index (χ3n) is 4.49. The first-order chi connectivity index (χ1) is 13.4. The summed E-state index contributed by atoms with van der Waals surface area (Å²) in [4.78, 5) is -0.380. The Labute approximate surface area is 164 Å². The molecule has 0 heterocycles. The average Bonchev–Trinajstić information content (AvgIpc) is 2.73. The summed E-state index contributed by atoms with van der Waals surface area (Å²) >= 11 is 0. The van der Waals surface area contributed by atoms with E-state index < -0.39 is 27.6 Å². The van der Waals surface area contributed by atoms with E-state index >= 15 is 0 Å². The van der Waals surface area contributed by atoms with Crippen molar-refractivity contribution in [1.82, 2.24) is 5.32 Å². The zero-order chi connectivity index (χ0) is 20.0. The smallest absolute Gasteiger partial charge is 0.306 e. The van der Waals surface area contributed by atoms with E-state index in [-0.39, 0.29) is 4.90 Å². The molecule has 0 spiro atoms. The van der Waals surface area contributed by atoms with Crippen LogP contribution in [0.25, 0.3) is 0 Å². The Morgan fingerprint density at radius 2 is 1.29 bits per heavy atom. The molecule has 0 aliphatic rings. The minimum absolute atomic E-state index is 0.349. The number of sulfone groups is 1. The van der Waals surface area contributed by atoms with Crippen LogP contribution in [-0.2, 0) is 16.4 Å². The highest BCUT2D eigenvalue weighted by molar-refractivity contribution is 7.92. The minimum Gasteiger partial charge on any atom is -0.306 e. The highest BCUT2D eigenvalue weighted by Crippen LogP contribution is 2.37. The van der Waals surface area contributed by atoms with E-state index in [1.165, 1.54) is 24.3 Å². The van der Waals surface area contributed by atoms with E-state index in [1.54, 1.807) is 36.4 Å². The Kier molecular flexibility index (Phi) is 6.21. The lowest BCUT2D eigenvalue weighted by molar-refractivity contribution is 0.0688. The zero-order valence-corrected chi connectivity index (χ0v) is 15.9. The highest BCUT2D eigenvalue weighted by atomic mass is 32.2. The summed E-state index contributed by atoms with van der Waals surface area (Å²) in [6.45, 7) is 0.349. The quantitative estimate of drug-likeness (QED) is 0.579. The molecular weight excluding hydrogens is 380 g/mol. The summed E-state index contributed by atoms with van der Waals surface area (Å²) in [7, 11) is -4.80. The molecular formula is C22H21F2NO2S. The van der Waals surface area contributed by atoms with Gasteiger partial charge in [0.15, 0.2) is 0 Å². The van der Waals surface area contributed by atoms with Crippen molar-refractivity contribution < 1.29 is 17.2 Å². The van der Waals surface area contributed by atoms with Gasteiger partial charge in [0, 0.05) is 19.0 Å². The molecule has 3 nitrogen and oxygen atoms in total. The van der Waals surface area contributed by atoms with Crippen LogP contribution < -0.4 is 5.32 Å². The molecule has 0 bridgehead atoms. The van der Waals surface area contributed by atoms with Crippen molar-refractivity contribution in [2.75, 3.05) is 0 Å². The Hall–Kier alpha value is -2.57. The van der Waals surface area contributed by atoms with E-state index in [4.69, 9.17) is 0 Å². The molecule has 6 heteroatoms. The molecule has 0 fully saturated rings. The largest absolute Gasteiger partial charge is 0.351 e. The Morgan fingerprint density at radius 3 is 1.86 bits per heavy atom. The number of hydrogen-bond donors (Lipinski definition) is 1. The van der Waals surface area contributed by atoms with Crippen LogP contribution >= 0.6 is 0 Å². The average molecular weight is 401 g/mol. The van der Waals surface area contributed by atoms with Crippen molar-refractivity contribution in [2.24, 2.45) is 0 Å². The van der Waals surface area contributed by atoms with Crippen molar-refractivity contribution in [3.05, 3.63) is 102 Å². The maximum absolute atomic E-state index is 14.9. The summed E-state index contributed by atoms with van der Waals surface area (Å²) in [6, 6.07) is 24.1. The molecule has 0 aliphatic heterocycles. The predicted molar refractivity (Wildman–Crippen MR) is 106 cm³/mol. The Balaban J connectivity index is 1.86. The van der Waals surface area contributed by atoms with E-state index in [1.807, 2.05) is 30.3 Å². The lowest BCUT2D eigenvalue weighted by Gasteiger charge is -2.25. The first kappa shape index (κ1) is 20.2. The Bertz CT molecular complexity index is 979. The molecule has 0 aliphatic carbocycles. The van der Waals surface area contributed by atoms with Crippen LogP contribution in [0, 0.1) is 0 Å². The molecule has 0 unspecified atom stereocenters. The van der Waals surface area contributed by atoms with Crippen LogP contribution in [0.2, 0.25) is 0 Å². The molecule has 146 valence electrons. The molecule has 1 atom stereocenters. The number of hydrogen-bond acceptors (Lipinski definition) is 3. The van der Waals surface area contributed by atoms with Gasteiger partial charge in [0.1, 0.15) is 0 Å². The summed E-state index contributed by atoms with van der Waals surface area (Å²) in [6.07, 6.45) is -0.860. The third kappa shape index (κ3) is 4.64. The molecule has 3 aromatic carbocycles. The normalized spacial score (nSPS) is 13.2. The second kappa shape index (κ2) is 8.63. The van der Waals surface area contributed by atoms with Crippen LogP contribution in [0.5, 0.6) is 0 Å². The first-order valence-electron chi connectivity index (χ1n) is 8.90. The molecule has 3 rings (SSSR count). The second-order valence-corrected chi connectivity index (χ2v) is 8.56. The topological polar surface area (TPSA) is 46.2 Å². The molecule has 0 saturated heterocycles. The van der Waals surface area contributed by atoms with Crippen LogP contribution in [0.1, 0.15) is 23.6 Å². The zero-order valence-electron chi connectivity index (χ0n) is 15.1. The fourth-order valence-electron chi connectivity index (χ4n) is 2.95. The molecule has 0 saturated carbocycles. The maximum Gasteiger partial charge on any atom is 0.351 e. The van der Waals surface area contributed by atoms with E-state index in [2.05, 4.69) is 5.32 Å². The Morgan fingerprint density at radius 1 is 0.786 bits per heavy atom. The van der Waals surface area contributed by atoms with Crippen molar-refractivity contribution in [3.8, 4) is 0 Å². The summed E-state index contributed by atoms with van der Waals surface area (Å²) < 4.78 is 54.9. The highest BCUT2D eigenvalue weighted by Gasteiger charge is 2.47. The van der Waals surface area contributed by atoms with Crippen LogP contribution in [0.3, 0.4) is 0 Å². The van der Waals surface area contributed by atoms with Crippen LogP contribution in [0.15, 0.2) is 95.9 Å². The predicted octanol–water partition coefficient (Wildman–Crippen LogP) is 4.97. The monoisotopic (exact) mass is 401 g/mol. The van der Waals surface area contributed by atoms with Gasteiger partial charge < -0.3 is 5.32 Å². The maximum atomic E-state index is 14.9. The van der Waals surface area contributed by atoms with E-state index in [9.17, 15) is 17.2 Å². The fraction of sp³-hybridized carbons (Fsp3) is 0.182. The van der Waals surface area contributed by atoms with E-state index in [0.29, 0.717) is 12.1 Å². The molecule has 1 N–H and O–H groups in total. The number of nitrogens with one attached hydrogen (secondary N) is 1. The van der Waals surface area contributed by atoms with Gasteiger partial charge in [-0.3, -0.25) is 0 Å². The molecule has 0 amide bonds. The fourth-order valence-corrected chi connectivity index (χ4v) is 4.20. The lowest BCUT2D eigenvalue weighted by atomic mass is 10.0. The SMILES string of the molecule is O=S(=O)(c1ccccc1)C(F)(F)C[C@@H](NCc1ccccc1)c1ccccc1. The van der Waals surface area contributed by atoms with Gasteiger partial charge in [-0.2, -0.15) is 8.78 Å². The molecule has 3 aromatic rings. The molecule has 0 radical (unpaired) electrons. The molecule has 0 aromatic heterocycles. The number of halogens is 2. The van der Waals surface area contributed by atoms with Crippen molar-refractivity contribution in [2.45, 2.75) is 29.2 Å². The van der Waals surface area contributed by atoms with Crippen molar-refractivity contribution in [3.63, 3.8) is 0 Å². The summed E-state index contributed by atoms with van der Waals surface area (Å²) in [5, 5.41) is -0.831. The van der Waals surface area contributed by atoms with Gasteiger partial charge in [-0.15, -0.1) is 0 Å². The molecule has 28 heavy (non-hydrogen) atoms. The first-order valence-corrected chi connectivity index (χ1v) is 10.4. The van der Waals surface area contributed by atoms with Gasteiger partial charge in [-0.25, -0.2) is 8.42 Å². The van der Waals surface area contributed by atoms with Crippen molar-refractivity contribution in [1.29, 1.82) is 0 Å². The third-order valence-corrected chi connectivity index (χ3v) is 6.33. The van der Waals surface area contributed by atoms with Crippen LogP contribution in [0.4, 0.5) is 8.78 Å². The van der Waals surface area contributed by atoms with Gasteiger partial charge in [-0.05, 0) is 23.3 Å². The van der Waals surface area contributed by atoms with E-state index in [0.717, 1.165) is 5.56 Å². The minimum atomic E-state index is -4.80. The standard InChI is InChI=1S/C22H21F2NO2S/c23-22(24,28(26,27)20-14-8-3-9-15-20)16-21(19-12-6-2-7-13-19)25-17-18-10-4-1-5-11-18/h1-15,21,25H,16-17H2/t21-/m1/s1. The number of rotatable bonds is 8. The van der Waals surface area contributed by atoms with Gasteiger partial charge in [0.25, 0.3) is 0 Å². The number of benzene rings is 3. The van der Waals surface area contributed by atoms with Gasteiger partial charge in [-0.1, -0.05) is 78.9 Å². The second-order valence-electron chi connectivity index (χ2n) is 6.49.